The van der Waals surface area contributed by atoms with Gasteiger partial charge in [-0.1, -0.05) is 24.6 Å². The molecule has 1 aromatic carbocycles. The Kier molecular flexibility index (Phi) is 5.67. The quantitative estimate of drug-likeness (QED) is 0.629. The fourth-order valence-corrected chi connectivity index (χ4v) is 4.48. The van der Waals surface area contributed by atoms with Crippen LogP contribution in [-0.2, 0) is 11.3 Å². The van der Waals surface area contributed by atoms with Crippen molar-refractivity contribution in [2.45, 2.75) is 58.2 Å². The van der Waals surface area contributed by atoms with Crippen molar-refractivity contribution in [1.29, 1.82) is 0 Å². The van der Waals surface area contributed by atoms with E-state index in [1.54, 1.807) is 6.20 Å². The van der Waals surface area contributed by atoms with Crippen LogP contribution in [0.2, 0.25) is 0 Å². The molecule has 0 aliphatic carbocycles. The van der Waals surface area contributed by atoms with Crippen molar-refractivity contribution in [1.82, 2.24) is 25.0 Å². The second-order valence-corrected chi connectivity index (χ2v) is 8.14. The van der Waals surface area contributed by atoms with E-state index in [1.807, 2.05) is 24.3 Å². The first-order chi connectivity index (χ1) is 14.0. The molecule has 1 saturated heterocycles. The second-order valence-electron chi connectivity index (χ2n) is 8.14. The molecule has 0 radical (unpaired) electrons. The first-order valence-electron chi connectivity index (χ1n) is 10.5. The number of piperidine rings is 1. The van der Waals surface area contributed by atoms with Crippen LogP contribution in [0.5, 0.6) is 0 Å². The number of likely N-dealkylation sites (tertiary alicyclic amines) is 1. The average Bonchev–Trinajstić information content (AvgIpc) is 3.09. The first kappa shape index (κ1) is 19.6. The SMILES string of the molecule is CC1CCCC(C)N1CCCNC(=O)Cn1ncc2c([nH]c3ccccc32)c1=O. The van der Waals surface area contributed by atoms with Gasteiger partial charge in [0.05, 0.1) is 6.20 Å². The summed E-state index contributed by atoms with van der Waals surface area (Å²) in [6.45, 7) is 6.10. The number of nitrogens with one attached hydrogen (secondary N) is 2. The summed E-state index contributed by atoms with van der Waals surface area (Å²) in [5, 5.41) is 8.88. The predicted octanol–water partition coefficient (Wildman–Crippen LogP) is 2.65. The van der Waals surface area contributed by atoms with Gasteiger partial charge < -0.3 is 10.3 Å². The molecule has 2 unspecified atom stereocenters. The smallest absolute Gasteiger partial charge is 0.291 e. The highest BCUT2D eigenvalue weighted by Gasteiger charge is 2.23. The van der Waals surface area contributed by atoms with E-state index < -0.39 is 0 Å². The lowest BCUT2D eigenvalue weighted by Gasteiger charge is -2.39. The minimum absolute atomic E-state index is 0.0688. The van der Waals surface area contributed by atoms with Crippen LogP contribution in [0.3, 0.4) is 0 Å². The van der Waals surface area contributed by atoms with Gasteiger partial charge in [0, 0.05) is 41.5 Å². The number of fused-ring (bicyclic) bond motifs is 3. The topological polar surface area (TPSA) is 83.0 Å². The summed E-state index contributed by atoms with van der Waals surface area (Å²) in [6.07, 6.45) is 6.37. The number of para-hydroxylation sites is 1. The van der Waals surface area contributed by atoms with Crippen molar-refractivity contribution >= 4 is 27.7 Å². The zero-order chi connectivity index (χ0) is 20.4. The van der Waals surface area contributed by atoms with Gasteiger partial charge in [-0.05, 0) is 39.2 Å². The zero-order valence-corrected chi connectivity index (χ0v) is 17.1. The van der Waals surface area contributed by atoms with E-state index in [9.17, 15) is 9.59 Å². The molecule has 4 rings (SSSR count). The van der Waals surface area contributed by atoms with Crippen molar-refractivity contribution < 1.29 is 4.79 Å². The highest BCUT2D eigenvalue weighted by Crippen LogP contribution is 2.23. The molecule has 7 nitrogen and oxygen atoms in total. The Morgan fingerprint density at radius 1 is 1.21 bits per heavy atom. The molecule has 29 heavy (non-hydrogen) atoms. The van der Waals surface area contributed by atoms with Crippen LogP contribution in [0.4, 0.5) is 0 Å². The summed E-state index contributed by atoms with van der Waals surface area (Å²) in [7, 11) is 0. The number of hydrogen-bond acceptors (Lipinski definition) is 4. The summed E-state index contributed by atoms with van der Waals surface area (Å²) in [5.41, 5.74) is 1.11. The Morgan fingerprint density at radius 2 is 1.97 bits per heavy atom. The molecule has 1 aliphatic rings. The molecule has 3 heterocycles. The fourth-order valence-electron chi connectivity index (χ4n) is 4.48. The molecule has 0 saturated carbocycles. The van der Waals surface area contributed by atoms with Crippen LogP contribution in [0.25, 0.3) is 21.8 Å². The molecule has 2 aromatic heterocycles. The van der Waals surface area contributed by atoms with Crippen molar-refractivity contribution in [3.05, 3.63) is 40.8 Å². The summed E-state index contributed by atoms with van der Waals surface area (Å²) in [6, 6.07) is 8.95. The minimum atomic E-state index is -0.273. The first-order valence-corrected chi connectivity index (χ1v) is 10.5. The van der Waals surface area contributed by atoms with Crippen LogP contribution < -0.4 is 10.9 Å². The van der Waals surface area contributed by atoms with Gasteiger partial charge in [0.1, 0.15) is 12.1 Å². The van der Waals surface area contributed by atoms with E-state index in [-0.39, 0.29) is 18.0 Å². The molecule has 1 fully saturated rings. The number of aromatic nitrogens is 3. The van der Waals surface area contributed by atoms with Crippen LogP contribution in [0.1, 0.15) is 39.5 Å². The van der Waals surface area contributed by atoms with E-state index in [2.05, 4.69) is 34.1 Å². The Balaban J connectivity index is 1.35. The highest BCUT2D eigenvalue weighted by molar-refractivity contribution is 6.06. The molecule has 1 amide bonds. The van der Waals surface area contributed by atoms with Crippen molar-refractivity contribution in [2.75, 3.05) is 13.1 Å². The Hall–Kier alpha value is -2.67. The summed E-state index contributed by atoms with van der Waals surface area (Å²) in [5.74, 6) is -0.185. The van der Waals surface area contributed by atoms with Gasteiger partial charge in [-0.15, -0.1) is 0 Å². The normalized spacial score (nSPS) is 20.3. The lowest BCUT2D eigenvalue weighted by Crippen LogP contribution is -2.45. The number of carbonyl (C=O) groups is 1. The Bertz CT molecular complexity index is 1060. The van der Waals surface area contributed by atoms with E-state index in [1.165, 1.54) is 23.9 Å². The fraction of sp³-hybridized carbons (Fsp3) is 0.500. The number of rotatable bonds is 6. The number of aromatic amines is 1. The molecular formula is C22H29N5O2. The van der Waals surface area contributed by atoms with Crippen molar-refractivity contribution in [3.8, 4) is 0 Å². The third-order valence-electron chi connectivity index (χ3n) is 6.11. The van der Waals surface area contributed by atoms with Crippen LogP contribution in [-0.4, -0.2) is 50.7 Å². The predicted molar refractivity (Wildman–Crippen MR) is 115 cm³/mol. The lowest BCUT2D eigenvalue weighted by molar-refractivity contribution is -0.121. The Morgan fingerprint density at radius 3 is 2.76 bits per heavy atom. The maximum absolute atomic E-state index is 12.7. The van der Waals surface area contributed by atoms with Gasteiger partial charge in [0.15, 0.2) is 0 Å². The van der Waals surface area contributed by atoms with Gasteiger partial charge in [-0.25, -0.2) is 4.68 Å². The molecule has 154 valence electrons. The van der Waals surface area contributed by atoms with Crippen molar-refractivity contribution in [2.24, 2.45) is 0 Å². The van der Waals surface area contributed by atoms with Gasteiger partial charge in [0.25, 0.3) is 5.56 Å². The molecule has 0 spiro atoms. The monoisotopic (exact) mass is 395 g/mol. The number of amides is 1. The van der Waals surface area contributed by atoms with E-state index in [0.717, 1.165) is 29.3 Å². The molecule has 2 N–H and O–H groups in total. The van der Waals surface area contributed by atoms with Crippen LogP contribution in [0.15, 0.2) is 35.3 Å². The number of H-pyrrole nitrogens is 1. The van der Waals surface area contributed by atoms with Crippen molar-refractivity contribution in [3.63, 3.8) is 0 Å². The zero-order valence-electron chi connectivity index (χ0n) is 17.1. The van der Waals surface area contributed by atoms with Gasteiger partial charge >= 0.3 is 0 Å². The Labute approximate surface area is 170 Å². The van der Waals surface area contributed by atoms with E-state index in [0.29, 0.717) is 24.1 Å². The second kappa shape index (κ2) is 8.37. The van der Waals surface area contributed by atoms with Gasteiger partial charge in [-0.2, -0.15) is 5.10 Å². The van der Waals surface area contributed by atoms with E-state index in [4.69, 9.17) is 0 Å². The van der Waals surface area contributed by atoms with Gasteiger partial charge in [0.2, 0.25) is 5.91 Å². The number of benzene rings is 1. The maximum Gasteiger partial charge on any atom is 0.291 e. The molecular weight excluding hydrogens is 366 g/mol. The standard InChI is InChI=1S/C22H29N5O2/c1-15-7-5-8-16(2)26(15)12-6-11-23-20(28)14-27-22(29)21-18(13-24-27)17-9-3-4-10-19(17)25-21/h3-4,9-10,13,15-16,25H,5-8,11-12,14H2,1-2H3,(H,23,28). The largest absolute Gasteiger partial charge is 0.354 e. The third-order valence-corrected chi connectivity index (χ3v) is 6.11. The number of carbonyl (C=O) groups excluding carboxylic acids is 1. The maximum atomic E-state index is 12.7. The average molecular weight is 396 g/mol. The van der Waals surface area contributed by atoms with Crippen LogP contribution >= 0.6 is 0 Å². The minimum Gasteiger partial charge on any atom is -0.354 e. The molecule has 0 bridgehead atoms. The lowest BCUT2D eigenvalue weighted by atomic mass is 9.97. The summed E-state index contributed by atoms with van der Waals surface area (Å²) >= 11 is 0. The number of nitrogens with zero attached hydrogens (tertiary/aromatic N) is 3. The third kappa shape index (κ3) is 4.05. The molecule has 3 aromatic rings. The van der Waals surface area contributed by atoms with Gasteiger partial charge in [-0.3, -0.25) is 14.5 Å². The summed E-state index contributed by atoms with van der Waals surface area (Å²) < 4.78 is 1.22. The molecule has 1 aliphatic heterocycles. The van der Waals surface area contributed by atoms with Crippen LogP contribution in [0, 0.1) is 0 Å². The molecule has 7 heteroatoms. The summed E-state index contributed by atoms with van der Waals surface area (Å²) in [4.78, 5) is 30.7. The highest BCUT2D eigenvalue weighted by atomic mass is 16.2. The van der Waals surface area contributed by atoms with E-state index >= 15 is 0 Å². The number of hydrogen-bond donors (Lipinski definition) is 2. The molecule has 2 atom stereocenters.